The molecule has 0 bridgehead atoms. The fraction of sp³-hybridized carbons (Fsp3) is 0.667. The Bertz CT molecular complexity index is 320. The molecule has 0 fully saturated rings. The minimum Gasteiger partial charge on any atom is -0.357 e. The van der Waals surface area contributed by atoms with Crippen LogP contribution in [-0.4, -0.2) is 16.6 Å². The summed E-state index contributed by atoms with van der Waals surface area (Å²) in [6.07, 6.45) is 6.89. The fourth-order valence-electron chi connectivity index (χ4n) is 1.65. The molecule has 0 unspecified atom stereocenters. The van der Waals surface area contributed by atoms with Gasteiger partial charge in [0.25, 0.3) is 0 Å². The van der Waals surface area contributed by atoms with Crippen molar-refractivity contribution in [3.63, 3.8) is 0 Å². The lowest BCUT2D eigenvalue weighted by Crippen LogP contribution is -2.52. The SMILES string of the molecule is CC(C)(C)NC(=S)NNC(=O)C[C@@H]1C=CCC1. The summed E-state index contributed by atoms with van der Waals surface area (Å²) in [7, 11) is 0. The Balaban J connectivity index is 2.19. The fourth-order valence-corrected chi connectivity index (χ4v) is 2.01. The van der Waals surface area contributed by atoms with E-state index in [1.807, 2.05) is 20.8 Å². The number of allylic oxidation sites excluding steroid dienone is 2. The van der Waals surface area contributed by atoms with Crippen LogP contribution in [0.4, 0.5) is 0 Å². The molecule has 0 spiro atoms. The summed E-state index contributed by atoms with van der Waals surface area (Å²) in [5.41, 5.74) is 5.21. The van der Waals surface area contributed by atoms with Crippen molar-refractivity contribution in [3.05, 3.63) is 12.2 Å². The van der Waals surface area contributed by atoms with Crippen molar-refractivity contribution in [2.24, 2.45) is 5.92 Å². The van der Waals surface area contributed by atoms with Crippen molar-refractivity contribution >= 4 is 23.2 Å². The molecule has 0 aromatic rings. The molecular formula is C12H21N3OS. The molecule has 5 heteroatoms. The molecule has 3 N–H and O–H groups in total. The molecule has 0 saturated carbocycles. The predicted molar refractivity (Wildman–Crippen MR) is 73.2 cm³/mol. The van der Waals surface area contributed by atoms with Gasteiger partial charge in [0.1, 0.15) is 0 Å². The Morgan fingerprint density at radius 2 is 2.12 bits per heavy atom. The van der Waals surface area contributed by atoms with Crippen LogP contribution in [0.5, 0.6) is 0 Å². The highest BCUT2D eigenvalue weighted by atomic mass is 32.1. The first-order chi connectivity index (χ1) is 7.87. The second-order valence-electron chi connectivity index (χ2n) is 5.35. The number of nitrogens with one attached hydrogen (secondary N) is 3. The number of hydrazine groups is 1. The van der Waals surface area contributed by atoms with Crippen LogP contribution in [0.1, 0.15) is 40.0 Å². The average Bonchev–Trinajstić information content (AvgIpc) is 2.64. The van der Waals surface area contributed by atoms with Crippen LogP contribution in [0, 0.1) is 5.92 Å². The van der Waals surface area contributed by atoms with E-state index in [0.717, 1.165) is 12.8 Å². The van der Waals surface area contributed by atoms with Crippen molar-refractivity contribution in [2.75, 3.05) is 0 Å². The molecule has 1 aliphatic rings. The molecular weight excluding hydrogens is 234 g/mol. The van der Waals surface area contributed by atoms with Crippen molar-refractivity contribution in [2.45, 2.75) is 45.6 Å². The van der Waals surface area contributed by atoms with Gasteiger partial charge in [-0.05, 0) is 51.7 Å². The first-order valence-electron chi connectivity index (χ1n) is 5.90. The molecule has 1 aliphatic carbocycles. The second-order valence-corrected chi connectivity index (χ2v) is 5.76. The molecule has 1 atom stereocenters. The highest BCUT2D eigenvalue weighted by molar-refractivity contribution is 7.80. The zero-order chi connectivity index (χ0) is 12.9. The van der Waals surface area contributed by atoms with Gasteiger partial charge in [0.2, 0.25) is 5.91 Å². The van der Waals surface area contributed by atoms with E-state index in [4.69, 9.17) is 12.2 Å². The van der Waals surface area contributed by atoms with Crippen LogP contribution in [0.15, 0.2) is 12.2 Å². The van der Waals surface area contributed by atoms with Crippen LogP contribution >= 0.6 is 12.2 Å². The lowest BCUT2D eigenvalue weighted by Gasteiger charge is -2.23. The number of carbonyl (C=O) groups excluding carboxylic acids is 1. The zero-order valence-electron chi connectivity index (χ0n) is 10.7. The van der Waals surface area contributed by atoms with Crippen LogP contribution in [0.3, 0.4) is 0 Å². The third kappa shape index (κ3) is 6.26. The summed E-state index contributed by atoms with van der Waals surface area (Å²) in [5.74, 6) is 0.348. The zero-order valence-corrected chi connectivity index (χ0v) is 11.5. The van der Waals surface area contributed by atoms with Crippen LogP contribution < -0.4 is 16.2 Å². The van der Waals surface area contributed by atoms with Gasteiger partial charge in [-0.15, -0.1) is 0 Å². The van der Waals surface area contributed by atoms with Gasteiger partial charge >= 0.3 is 0 Å². The van der Waals surface area contributed by atoms with E-state index in [1.165, 1.54) is 0 Å². The highest BCUT2D eigenvalue weighted by Gasteiger charge is 2.15. The van der Waals surface area contributed by atoms with Crippen molar-refractivity contribution in [1.82, 2.24) is 16.2 Å². The number of hydrogen-bond donors (Lipinski definition) is 3. The van der Waals surface area contributed by atoms with Crippen LogP contribution in [0.25, 0.3) is 0 Å². The number of thiocarbonyl (C=S) groups is 1. The second kappa shape index (κ2) is 6.00. The minimum atomic E-state index is -0.108. The third-order valence-electron chi connectivity index (χ3n) is 2.36. The molecule has 0 radical (unpaired) electrons. The Hall–Kier alpha value is -1.10. The van der Waals surface area contributed by atoms with E-state index in [1.54, 1.807) is 0 Å². The van der Waals surface area contributed by atoms with Crippen molar-refractivity contribution in [3.8, 4) is 0 Å². The molecule has 0 saturated heterocycles. The normalized spacial score (nSPS) is 18.9. The molecule has 0 aliphatic heterocycles. The van der Waals surface area contributed by atoms with E-state index in [-0.39, 0.29) is 11.4 Å². The number of rotatable bonds is 2. The smallest absolute Gasteiger partial charge is 0.238 e. The summed E-state index contributed by atoms with van der Waals surface area (Å²) < 4.78 is 0. The highest BCUT2D eigenvalue weighted by Crippen LogP contribution is 2.19. The summed E-state index contributed by atoms with van der Waals surface area (Å²) in [4.78, 5) is 11.6. The Labute approximate surface area is 108 Å². The Kier molecular flexibility index (Phi) is 4.93. The lowest BCUT2D eigenvalue weighted by molar-refractivity contribution is -0.122. The van der Waals surface area contributed by atoms with E-state index in [9.17, 15) is 4.79 Å². The topological polar surface area (TPSA) is 53.2 Å². The number of amides is 1. The maximum Gasteiger partial charge on any atom is 0.238 e. The van der Waals surface area contributed by atoms with Gasteiger partial charge in [-0.25, -0.2) is 0 Å². The summed E-state index contributed by atoms with van der Waals surface area (Å²) in [5, 5.41) is 3.50. The van der Waals surface area contributed by atoms with Crippen LogP contribution in [-0.2, 0) is 4.79 Å². The van der Waals surface area contributed by atoms with Crippen LogP contribution in [0.2, 0.25) is 0 Å². The van der Waals surface area contributed by atoms with Gasteiger partial charge in [-0.1, -0.05) is 12.2 Å². The minimum absolute atomic E-state index is 0.0281. The van der Waals surface area contributed by atoms with E-state index in [2.05, 4.69) is 28.3 Å². The maximum atomic E-state index is 11.6. The quantitative estimate of drug-likeness (QED) is 0.399. The molecule has 0 aromatic carbocycles. The van der Waals surface area contributed by atoms with E-state index in [0.29, 0.717) is 17.5 Å². The van der Waals surface area contributed by atoms with Gasteiger partial charge in [-0.3, -0.25) is 15.6 Å². The number of carbonyl (C=O) groups is 1. The van der Waals surface area contributed by atoms with Gasteiger partial charge in [0.05, 0.1) is 0 Å². The van der Waals surface area contributed by atoms with E-state index >= 15 is 0 Å². The van der Waals surface area contributed by atoms with E-state index < -0.39 is 0 Å². The molecule has 1 rings (SSSR count). The molecule has 17 heavy (non-hydrogen) atoms. The first-order valence-corrected chi connectivity index (χ1v) is 6.31. The molecule has 0 aromatic heterocycles. The molecule has 96 valence electrons. The Morgan fingerprint density at radius 3 is 2.65 bits per heavy atom. The first kappa shape index (κ1) is 14.0. The van der Waals surface area contributed by atoms with Crippen molar-refractivity contribution in [1.29, 1.82) is 0 Å². The van der Waals surface area contributed by atoms with Gasteiger partial charge in [-0.2, -0.15) is 0 Å². The summed E-state index contributed by atoms with van der Waals surface area (Å²) >= 11 is 5.05. The molecule has 1 amide bonds. The summed E-state index contributed by atoms with van der Waals surface area (Å²) in [6.45, 7) is 6.02. The van der Waals surface area contributed by atoms with Crippen molar-refractivity contribution < 1.29 is 4.79 Å². The lowest BCUT2D eigenvalue weighted by atomic mass is 10.1. The Morgan fingerprint density at radius 1 is 1.41 bits per heavy atom. The molecule has 0 heterocycles. The predicted octanol–water partition coefficient (Wildman–Crippen LogP) is 1.64. The third-order valence-corrected chi connectivity index (χ3v) is 2.57. The van der Waals surface area contributed by atoms with Gasteiger partial charge in [0.15, 0.2) is 5.11 Å². The number of hydrogen-bond acceptors (Lipinski definition) is 2. The monoisotopic (exact) mass is 255 g/mol. The maximum absolute atomic E-state index is 11.6. The largest absolute Gasteiger partial charge is 0.357 e. The molecule has 4 nitrogen and oxygen atoms in total. The standard InChI is InChI=1S/C12H21N3OS/c1-12(2,3)13-11(17)15-14-10(16)8-9-6-4-5-7-9/h4,6,9H,5,7-8H2,1-3H3,(H,14,16)(H2,13,15,17)/t9-/m1/s1. The van der Waals surface area contributed by atoms with Gasteiger partial charge in [0, 0.05) is 12.0 Å². The summed E-state index contributed by atoms with van der Waals surface area (Å²) in [6, 6.07) is 0. The van der Waals surface area contributed by atoms with Gasteiger partial charge < -0.3 is 5.32 Å². The average molecular weight is 255 g/mol.